The van der Waals surface area contributed by atoms with E-state index in [1.54, 1.807) is 4.68 Å². The van der Waals surface area contributed by atoms with Crippen LogP contribution in [-0.4, -0.2) is 19.3 Å². The average Bonchev–Trinajstić information content (AvgIpc) is 2.97. The van der Waals surface area contributed by atoms with Crippen LogP contribution < -0.4 is 0 Å². The summed E-state index contributed by atoms with van der Waals surface area (Å²) in [6, 6.07) is 8.08. The molecule has 106 valence electrons. The van der Waals surface area contributed by atoms with E-state index in [0.717, 1.165) is 28.1 Å². The molecular formula is C16H17N5. The summed E-state index contributed by atoms with van der Waals surface area (Å²) in [5.41, 5.74) is 4.50. The smallest absolute Gasteiger partial charge is 0.144 e. The lowest BCUT2D eigenvalue weighted by Gasteiger charge is -2.12. The van der Waals surface area contributed by atoms with Crippen LogP contribution in [0.25, 0.3) is 22.4 Å². The number of aryl methyl sites for hydroxylation is 2. The molecule has 2 heterocycles. The van der Waals surface area contributed by atoms with E-state index in [4.69, 9.17) is 10.2 Å². The van der Waals surface area contributed by atoms with Gasteiger partial charge in [0.15, 0.2) is 0 Å². The van der Waals surface area contributed by atoms with Crippen molar-refractivity contribution in [1.29, 1.82) is 5.26 Å². The van der Waals surface area contributed by atoms with Gasteiger partial charge in [-0.3, -0.25) is 4.68 Å². The maximum atomic E-state index is 9.05. The topological polar surface area (TPSA) is 59.4 Å². The number of aromatic nitrogens is 4. The fraction of sp³-hybridized carbons (Fsp3) is 0.312. The highest BCUT2D eigenvalue weighted by atomic mass is 15.3. The Morgan fingerprint density at radius 1 is 1.29 bits per heavy atom. The van der Waals surface area contributed by atoms with E-state index in [-0.39, 0.29) is 6.04 Å². The number of imidazole rings is 1. The third kappa shape index (κ3) is 2.09. The molecule has 0 bridgehead atoms. The van der Waals surface area contributed by atoms with Gasteiger partial charge in [0.05, 0.1) is 33.9 Å². The molecule has 5 nitrogen and oxygen atoms in total. The number of benzene rings is 1. The lowest BCUT2D eigenvalue weighted by molar-refractivity contribution is 0.624. The minimum atomic E-state index is 0.276. The van der Waals surface area contributed by atoms with Gasteiger partial charge in [-0.05, 0) is 39.0 Å². The predicted molar refractivity (Wildman–Crippen MR) is 81.8 cm³/mol. The van der Waals surface area contributed by atoms with Crippen molar-refractivity contribution < 1.29 is 0 Å². The Labute approximate surface area is 123 Å². The van der Waals surface area contributed by atoms with Crippen molar-refractivity contribution >= 4 is 11.0 Å². The van der Waals surface area contributed by atoms with Crippen molar-refractivity contribution in [2.75, 3.05) is 0 Å². The van der Waals surface area contributed by atoms with Crippen LogP contribution in [0.15, 0.2) is 24.4 Å². The summed E-state index contributed by atoms with van der Waals surface area (Å²) in [5.74, 6) is 0.903. The van der Waals surface area contributed by atoms with Crippen LogP contribution in [0.4, 0.5) is 0 Å². The molecule has 0 saturated heterocycles. The number of fused-ring (bicyclic) bond motifs is 1. The SMILES string of the molecule is Cc1nn(C)cc1-c1nc2cc(C#N)ccc2n1C(C)C. The van der Waals surface area contributed by atoms with E-state index in [0.29, 0.717) is 5.56 Å². The van der Waals surface area contributed by atoms with E-state index in [1.807, 2.05) is 38.4 Å². The third-order valence-electron chi connectivity index (χ3n) is 3.59. The monoisotopic (exact) mass is 279 g/mol. The van der Waals surface area contributed by atoms with E-state index < -0.39 is 0 Å². The zero-order valence-electron chi connectivity index (χ0n) is 12.6. The molecule has 0 aliphatic heterocycles. The Balaban J connectivity index is 2.34. The quantitative estimate of drug-likeness (QED) is 0.723. The van der Waals surface area contributed by atoms with Gasteiger partial charge in [-0.2, -0.15) is 10.4 Å². The van der Waals surface area contributed by atoms with Crippen LogP contribution in [0.3, 0.4) is 0 Å². The summed E-state index contributed by atoms with van der Waals surface area (Å²) in [6.45, 7) is 6.25. The van der Waals surface area contributed by atoms with Crippen molar-refractivity contribution in [1.82, 2.24) is 19.3 Å². The minimum absolute atomic E-state index is 0.276. The first kappa shape index (κ1) is 13.4. The van der Waals surface area contributed by atoms with Gasteiger partial charge in [0.25, 0.3) is 0 Å². The lowest BCUT2D eigenvalue weighted by Crippen LogP contribution is -2.03. The number of rotatable bonds is 2. The van der Waals surface area contributed by atoms with Crippen LogP contribution in [-0.2, 0) is 7.05 Å². The Morgan fingerprint density at radius 3 is 2.62 bits per heavy atom. The summed E-state index contributed by atoms with van der Waals surface area (Å²) in [5, 5.41) is 13.5. The molecule has 3 aromatic rings. The number of nitriles is 1. The van der Waals surface area contributed by atoms with Crippen LogP contribution in [0.2, 0.25) is 0 Å². The molecule has 0 aliphatic rings. The van der Waals surface area contributed by atoms with E-state index in [1.165, 1.54) is 0 Å². The maximum Gasteiger partial charge on any atom is 0.144 e. The number of nitrogens with zero attached hydrogens (tertiary/aromatic N) is 5. The molecule has 3 rings (SSSR count). The second-order valence-electron chi connectivity index (χ2n) is 5.52. The second kappa shape index (κ2) is 4.74. The molecule has 0 amide bonds. The van der Waals surface area contributed by atoms with Crippen molar-refractivity contribution in [3.8, 4) is 17.5 Å². The zero-order valence-corrected chi connectivity index (χ0v) is 12.6. The number of hydrogen-bond donors (Lipinski definition) is 0. The van der Waals surface area contributed by atoms with Gasteiger partial charge in [0, 0.05) is 19.3 Å². The van der Waals surface area contributed by atoms with Crippen LogP contribution in [0.5, 0.6) is 0 Å². The molecular weight excluding hydrogens is 262 g/mol. The molecule has 0 saturated carbocycles. The number of hydrogen-bond acceptors (Lipinski definition) is 3. The van der Waals surface area contributed by atoms with E-state index >= 15 is 0 Å². The Kier molecular flexibility index (Phi) is 3.02. The Bertz CT molecular complexity index is 861. The third-order valence-corrected chi connectivity index (χ3v) is 3.59. The standard InChI is InChI=1S/C16H17N5/c1-10(2)21-15-6-5-12(8-17)7-14(15)18-16(21)13-9-20(4)19-11(13)3/h5-7,9-10H,1-4H3. The van der Waals surface area contributed by atoms with E-state index in [2.05, 4.69) is 29.6 Å². The van der Waals surface area contributed by atoms with Gasteiger partial charge < -0.3 is 4.57 Å². The fourth-order valence-electron chi connectivity index (χ4n) is 2.70. The molecule has 21 heavy (non-hydrogen) atoms. The Morgan fingerprint density at radius 2 is 2.05 bits per heavy atom. The normalized spacial score (nSPS) is 11.2. The summed E-state index contributed by atoms with van der Waals surface area (Å²) >= 11 is 0. The summed E-state index contributed by atoms with van der Waals surface area (Å²) in [7, 11) is 1.91. The largest absolute Gasteiger partial charge is 0.321 e. The van der Waals surface area contributed by atoms with Crippen LogP contribution >= 0.6 is 0 Å². The summed E-state index contributed by atoms with van der Waals surface area (Å²) in [4.78, 5) is 4.75. The van der Waals surface area contributed by atoms with Crippen molar-refractivity contribution in [2.45, 2.75) is 26.8 Å². The molecule has 0 N–H and O–H groups in total. The first-order chi connectivity index (χ1) is 10.0. The fourth-order valence-corrected chi connectivity index (χ4v) is 2.70. The molecule has 0 unspecified atom stereocenters. The maximum absolute atomic E-state index is 9.05. The molecule has 0 fully saturated rings. The van der Waals surface area contributed by atoms with Gasteiger partial charge in [0.1, 0.15) is 5.82 Å². The molecule has 5 heteroatoms. The average molecular weight is 279 g/mol. The van der Waals surface area contributed by atoms with Crippen molar-refractivity contribution in [3.05, 3.63) is 35.7 Å². The zero-order chi connectivity index (χ0) is 15.1. The van der Waals surface area contributed by atoms with Crippen LogP contribution in [0.1, 0.15) is 31.1 Å². The van der Waals surface area contributed by atoms with Gasteiger partial charge in [-0.15, -0.1) is 0 Å². The van der Waals surface area contributed by atoms with Gasteiger partial charge in [-0.1, -0.05) is 0 Å². The highest BCUT2D eigenvalue weighted by Crippen LogP contribution is 2.30. The predicted octanol–water partition coefficient (Wildman–Crippen LogP) is 3.20. The molecule has 0 radical (unpaired) electrons. The Hall–Kier alpha value is -2.61. The first-order valence-electron chi connectivity index (χ1n) is 6.94. The molecule has 0 aliphatic carbocycles. The van der Waals surface area contributed by atoms with Gasteiger partial charge in [0.2, 0.25) is 0 Å². The van der Waals surface area contributed by atoms with E-state index in [9.17, 15) is 0 Å². The molecule has 2 aromatic heterocycles. The summed E-state index contributed by atoms with van der Waals surface area (Å²) < 4.78 is 4.00. The van der Waals surface area contributed by atoms with Crippen molar-refractivity contribution in [3.63, 3.8) is 0 Å². The van der Waals surface area contributed by atoms with Crippen molar-refractivity contribution in [2.24, 2.45) is 7.05 Å². The highest BCUT2D eigenvalue weighted by Gasteiger charge is 2.18. The lowest BCUT2D eigenvalue weighted by atomic mass is 10.2. The van der Waals surface area contributed by atoms with Gasteiger partial charge in [-0.25, -0.2) is 4.98 Å². The van der Waals surface area contributed by atoms with Crippen LogP contribution in [0, 0.1) is 18.3 Å². The molecule has 0 spiro atoms. The highest BCUT2D eigenvalue weighted by molar-refractivity contribution is 5.82. The summed E-state index contributed by atoms with van der Waals surface area (Å²) in [6.07, 6.45) is 1.99. The second-order valence-corrected chi connectivity index (χ2v) is 5.52. The minimum Gasteiger partial charge on any atom is -0.321 e. The van der Waals surface area contributed by atoms with Gasteiger partial charge >= 0.3 is 0 Å². The molecule has 0 atom stereocenters. The first-order valence-corrected chi connectivity index (χ1v) is 6.94. The molecule has 1 aromatic carbocycles.